The zero-order valence-corrected chi connectivity index (χ0v) is 12.8. The third-order valence-corrected chi connectivity index (χ3v) is 3.19. The highest BCUT2D eigenvalue weighted by molar-refractivity contribution is 6.10. The van der Waals surface area contributed by atoms with Gasteiger partial charge in [-0.3, -0.25) is 4.79 Å². The lowest BCUT2D eigenvalue weighted by Gasteiger charge is -2.06. The molecule has 0 aliphatic heterocycles. The zero-order chi connectivity index (χ0) is 17.5. The number of amides is 1. The van der Waals surface area contributed by atoms with Crippen molar-refractivity contribution in [1.29, 1.82) is 5.26 Å². The number of carbonyl (C=O) groups excluding carboxylic acids is 1. The predicted molar refractivity (Wildman–Crippen MR) is 88.6 cm³/mol. The van der Waals surface area contributed by atoms with Crippen LogP contribution in [0.15, 0.2) is 54.1 Å². The molecule has 2 aromatic carbocycles. The highest BCUT2D eigenvalue weighted by Gasteiger charge is 2.11. The van der Waals surface area contributed by atoms with Gasteiger partial charge in [0.15, 0.2) is 0 Å². The average Bonchev–Trinajstić information content (AvgIpc) is 2.60. The first kappa shape index (κ1) is 16.8. The van der Waals surface area contributed by atoms with Crippen molar-refractivity contribution in [3.8, 4) is 11.8 Å². The van der Waals surface area contributed by atoms with Crippen LogP contribution in [0.25, 0.3) is 6.08 Å². The van der Waals surface area contributed by atoms with Gasteiger partial charge in [-0.15, -0.1) is 0 Å². The van der Waals surface area contributed by atoms with Gasteiger partial charge in [0.2, 0.25) is 0 Å². The van der Waals surface area contributed by atoms with Gasteiger partial charge in [0, 0.05) is 11.3 Å². The van der Waals surface area contributed by atoms with E-state index in [9.17, 15) is 14.9 Å². The molecule has 0 heterocycles. The maximum absolute atomic E-state index is 12.2. The van der Waals surface area contributed by atoms with E-state index in [-0.39, 0.29) is 11.1 Å². The molecule has 24 heavy (non-hydrogen) atoms. The molecule has 0 aliphatic carbocycles. The summed E-state index contributed by atoms with van der Waals surface area (Å²) in [7, 11) is 1.50. The number of hydrogen-bond acceptors (Lipinski definition) is 4. The minimum Gasteiger partial charge on any atom is -0.496 e. The fourth-order valence-electron chi connectivity index (χ4n) is 1.98. The monoisotopic (exact) mass is 322 g/mol. The standard InChI is InChI=1S/C18H14N2O4/c1-24-16-5-3-2-4-13(16)10-14(11-19)17(21)20-15-8-6-12(7-9-15)18(22)23/h2-10H,1H3,(H,20,21)(H,22,23)/b14-10+. The summed E-state index contributed by atoms with van der Waals surface area (Å²) in [6.45, 7) is 0. The van der Waals surface area contributed by atoms with Crippen molar-refractivity contribution in [2.45, 2.75) is 0 Å². The Hall–Kier alpha value is -3.59. The quantitative estimate of drug-likeness (QED) is 0.651. The van der Waals surface area contributed by atoms with E-state index in [1.165, 1.54) is 37.5 Å². The predicted octanol–water partition coefficient (Wildman–Crippen LogP) is 2.94. The molecule has 0 aliphatic rings. The van der Waals surface area contributed by atoms with E-state index in [4.69, 9.17) is 9.84 Å². The minimum absolute atomic E-state index is 0.0955. The summed E-state index contributed by atoms with van der Waals surface area (Å²) in [6, 6.07) is 14.5. The van der Waals surface area contributed by atoms with E-state index in [0.29, 0.717) is 17.0 Å². The Labute approximate surface area is 138 Å². The smallest absolute Gasteiger partial charge is 0.335 e. The van der Waals surface area contributed by atoms with Crippen LogP contribution >= 0.6 is 0 Å². The van der Waals surface area contributed by atoms with Crippen molar-refractivity contribution in [1.82, 2.24) is 0 Å². The summed E-state index contributed by atoms with van der Waals surface area (Å²) in [6.07, 6.45) is 1.43. The van der Waals surface area contributed by atoms with Crippen LogP contribution in [-0.2, 0) is 4.79 Å². The number of anilines is 1. The number of nitrogens with one attached hydrogen (secondary N) is 1. The number of para-hydroxylation sites is 1. The lowest BCUT2D eigenvalue weighted by molar-refractivity contribution is -0.112. The van der Waals surface area contributed by atoms with Gasteiger partial charge < -0.3 is 15.2 Å². The SMILES string of the molecule is COc1ccccc1/C=C(\C#N)C(=O)Nc1ccc(C(=O)O)cc1. The Morgan fingerprint density at radius 1 is 1.17 bits per heavy atom. The van der Waals surface area contributed by atoms with Crippen LogP contribution in [0.3, 0.4) is 0 Å². The molecular weight excluding hydrogens is 308 g/mol. The molecule has 2 aromatic rings. The van der Waals surface area contributed by atoms with Gasteiger partial charge in [-0.1, -0.05) is 18.2 Å². The molecule has 120 valence electrons. The molecule has 0 fully saturated rings. The molecule has 0 radical (unpaired) electrons. The first-order chi connectivity index (χ1) is 11.5. The number of hydrogen-bond donors (Lipinski definition) is 2. The highest BCUT2D eigenvalue weighted by atomic mass is 16.5. The van der Waals surface area contributed by atoms with Crippen LogP contribution in [-0.4, -0.2) is 24.1 Å². The van der Waals surface area contributed by atoms with Gasteiger partial charge in [-0.2, -0.15) is 5.26 Å². The van der Waals surface area contributed by atoms with E-state index in [1.807, 2.05) is 6.07 Å². The van der Waals surface area contributed by atoms with Gasteiger partial charge in [0.25, 0.3) is 5.91 Å². The summed E-state index contributed by atoms with van der Waals surface area (Å²) in [5.41, 5.74) is 1.01. The molecule has 0 saturated heterocycles. The molecule has 1 amide bonds. The van der Waals surface area contributed by atoms with Crippen molar-refractivity contribution < 1.29 is 19.4 Å². The molecule has 0 aromatic heterocycles. The minimum atomic E-state index is -1.05. The number of nitrogens with zero attached hydrogens (tertiary/aromatic N) is 1. The molecule has 0 unspecified atom stereocenters. The molecule has 2 N–H and O–H groups in total. The van der Waals surface area contributed by atoms with Gasteiger partial charge in [0.05, 0.1) is 12.7 Å². The van der Waals surface area contributed by atoms with E-state index in [2.05, 4.69) is 5.32 Å². The number of aromatic carboxylic acids is 1. The molecule has 6 heteroatoms. The summed E-state index contributed by atoms with van der Waals surface area (Å²) in [5, 5.41) is 20.6. The highest BCUT2D eigenvalue weighted by Crippen LogP contribution is 2.21. The van der Waals surface area contributed by atoms with Crippen molar-refractivity contribution in [3.63, 3.8) is 0 Å². The van der Waals surface area contributed by atoms with E-state index in [1.54, 1.807) is 24.3 Å². The zero-order valence-electron chi connectivity index (χ0n) is 12.8. The number of ether oxygens (including phenoxy) is 1. The summed E-state index contributed by atoms with van der Waals surface area (Å²) in [5.74, 6) is -1.10. The fourth-order valence-corrected chi connectivity index (χ4v) is 1.98. The van der Waals surface area contributed by atoms with Crippen LogP contribution in [0.1, 0.15) is 15.9 Å². The Kier molecular flexibility index (Phi) is 5.32. The van der Waals surface area contributed by atoms with Crippen molar-refractivity contribution in [2.75, 3.05) is 12.4 Å². The molecule has 0 atom stereocenters. The van der Waals surface area contributed by atoms with Crippen LogP contribution < -0.4 is 10.1 Å². The summed E-state index contributed by atoms with van der Waals surface area (Å²) in [4.78, 5) is 23.0. The van der Waals surface area contributed by atoms with E-state index >= 15 is 0 Å². The first-order valence-electron chi connectivity index (χ1n) is 6.94. The number of benzene rings is 2. The Balaban J connectivity index is 2.21. The van der Waals surface area contributed by atoms with Crippen molar-refractivity contribution >= 4 is 23.6 Å². The van der Waals surface area contributed by atoms with Gasteiger partial charge in [0.1, 0.15) is 17.4 Å². The molecule has 0 bridgehead atoms. The Bertz CT molecular complexity index is 833. The number of carboxylic acids is 1. The lowest BCUT2D eigenvalue weighted by Crippen LogP contribution is -2.13. The third-order valence-electron chi connectivity index (χ3n) is 3.19. The Morgan fingerprint density at radius 3 is 2.42 bits per heavy atom. The van der Waals surface area contributed by atoms with Crippen LogP contribution in [0.4, 0.5) is 5.69 Å². The maximum atomic E-state index is 12.2. The second kappa shape index (κ2) is 7.61. The van der Waals surface area contributed by atoms with Gasteiger partial charge in [-0.05, 0) is 36.4 Å². The number of methoxy groups -OCH3 is 1. The lowest BCUT2D eigenvalue weighted by atomic mass is 10.1. The van der Waals surface area contributed by atoms with Gasteiger partial charge in [-0.25, -0.2) is 4.79 Å². The number of rotatable bonds is 5. The second-order valence-corrected chi connectivity index (χ2v) is 4.75. The average molecular weight is 322 g/mol. The molecule has 0 saturated carbocycles. The molecule has 2 rings (SSSR count). The van der Waals surface area contributed by atoms with E-state index in [0.717, 1.165) is 0 Å². The normalized spacial score (nSPS) is 10.6. The molecule has 6 nitrogen and oxygen atoms in total. The number of carboxylic acid groups (broad SMARTS) is 1. The summed E-state index contributed by atoms with van der Waals surface area (Å²) < 4.78 is 5.18. The third kappa shape index (κ3) is 3.99. The van der Waals surface area contributed by atoms with Crippen LogP contribution in [0.5, 0.6) is 5.75 Å². The second-order valence-electron chi connectivity index (χ2n) is 4.75. The van der Waals surface area contributed by atoms with Crippen LogP contribution in [0.2, 0.25) is 0 Å². The largest absolute Gasteiger partial charge is 0.496 e. The van der Waals surface area contributed by atoms with E-state index < -0.39 is 11.9 Å². The first-order valence-corrected chi connectivity index (χ1v) is 6.94. The van der Waals surface area contributed by atoms with Gasteiger partial charge >= 0.3 is 5.97 Å². The maximum Gasteiger partial charge on any atom is 0.335 e. The molecular formula is C18H14N2O4. The van der Waals surface area contributed by atoms with Crippen molar-refractivity contribution in [2.24, 2.45) is 0 Å². The molecule has 0 spiro atoms. The number of nitriles is 1. The summed E-state index contributed by atoms with van der Waals surface area (Å²) >= 11 is 0. The Morgan fingerprint density at radius 2 is 1.83 bits per heavy atom. The van der Waals surface area contributed by atoms with Crippen molar-refractivity contribution in [3.05, 3.63) is 65.2 Å². The topological polar surface area (TPSA) is 99.4 Å². The number of carbonyl (C=O) groups is 2. The van der Waals surface area contributed by atoms with Crippen LogP contribution in [0, 0.1) is 11.3 Å². The fraction of sp³-hybridized carbons (Fsp3) is 0.0556.